The van der Waals surface area contributed by atoms with Gasteiger partial charge >= 0.3 is 6.09 Å². The summed E-state index contributed by atoms with van der Waals surface area (Å²) >= 11 is 0. The first-order valence-corrected chi connectivity index (χ1v) is 15.3. The number of benzene rings is 3. The molecule has 1 aliphatic rings. The molecule has 0 spiro atoms. The van der Waals surface area contributed by atoms with E-state index in [0.29, 0.717) is 43.2 Å². The summed E-state index contributed by atoms with van der Waals surface area (Å²) in [5.74, 6) is 1.28. The molecule has 1 fully saturated rings. The average Bonchev–Trinajstić information content (AvgIpc) is 3.51. The van der Waals surface area contributed by atoms with Gasteiger partial charge in [0, 0.05) is 37.7 Å². The van der Waals surface area contributed by atoms with Crippen LogP contribution in [0.3, 0.4) is 0 Å². The monoisotopic (exact) mass is 618 g/mol. The molecule has 10 nitrogen and oxygen atoms in total. The van der Waals surface area contributed by atoms with Gasteiger partial charge < -0.3 is 29.0 Å². The number of carbonyl (C=O) groups is 1. The quantitative estimate of drug-likeness (QED) is 0.200. The van der Waals surface area contributed by atoms with Crippen LogP contribution in [0.4, 0.5) is 4.79 Å². The first kappa shape index (κ1) is 29.5. The van der Waals surface area contributed by atoms with Crippen LogP contribution < -0.4 is 9.47 Å². The first-order chi connectivity index (χ1) is 22.6. The Morgan fingerprint density at radius 3 is 2.67 bits per heavy atom. The van der Waals surface area contributed by atoms with Gasteiger partial charge in [0.05, 0.1) is 30.7 Å². The number of hydrogen-bond acceptors (Lipinski definition) is 8. The van der Waals surface area contributed by atoms with Gasteiger partial charge in [-0.3, -0.25) is 4.40 Å². The fourth-order valence-electron chi connectivity index (χ4n) is 5.78. The number of nitrogens with zero attached hydrogens (tertiary/aromatic N) is 4. The smallest absolute Gasteiger partial charge is 0.410 e. The highest BCUT2D eigenvalue weighted by Gasteiger charge is 2.33. The Hall–Kier alpha value is -5.19. The molecule has 2 atom stereocenters. The van der Waals surface area contributed by atoms with E-state index in [-0.39, 0.29) is 13.2 Å². The van der Waals surface area contributed by atoms with Gasteiger partial charge in [-0.15, -0.1) is 0 Å². The number of carbonyl (C=O) groups excluding carboxylic acids is 1. The first-order valence-electron chi connectivity index (χ1n) is 15.3. The Kier molecular flexibility index (Phi) is 8.37. The zero-order valence-corrected chi connectivity index (χ0v) is 25.4. The van der Waals surface area contributed by atoms with Crippen molar-refractivity contribution < 1.29 is 28.8 Å². The van der Waals surface area contributed by atoms with Gasteiger partial charge in [0.1, 0.15) is 48.1 Å². The Morgan fingerprint density at radius 2 is 1.80 bits per heavy atom. The highest BCUT2D eigenvalue weighted by atomic mass is 16.6. The SMILES string of the molecule is COCCOc1ccn2c(-c3ccc4cccc(O[C@H]5CCN(C(=O)OCc6ccc7ccccc7c6)C[C@@H]5O)c4n3)cnc2c1. The molecule has 0 saturated carbocycles. The van der Waals surface area contributed by atoms with E-state index in [0.717, 1.165) is 38.8 Å². The van der Waals surface area contributed by atoms with E-state index in [1.807, 2.05) is 95.5 Å². The molecule has 7 rings (SSSR count). The third-order valence-corrected chi connectivity index (χ3v) is 8.22. The number of amides is 1. The van der Waals surface area contributed by atoms with E-state index in [1.165, 1.54) is 4.90 Å². The van der Waals surface area contributed by atoms with Crippen LogP contribution in [0.1, 0.15) is 12.0 Å². The van der Waals surface area contributed by atoms with Gasteiger partial charge in [0.15, 0.2) is 0 Å². The molecule has 3 aromatic carbocycles. The van der Waals surface area contributed by atoms with Gasteiger partial charge in [-0.05, 0) is 40.6 Å². The van der Waals surface area contributed by atoms with Crippen molar-refractivity contribution >= 4 is 33.4 Å². The molecule has 10 heteroatoms. The minimum Gasteiger partial charge on any atom is -0.491 e. The second-order valence-corrected chi connectivity index (χ2v) is 11.3. The van der Waals surface area contributed by atoms with Gasteiger partial charge in [-0.2, -0.15) is 0 Å². The van der Waals surface area contributed by atoms with Gasteiger partial charge in [0.2, 0.25) is 0 Å². The second kappa shape index (κ2) is 13.0. The fourth-order valence-corrected chi connectivity index (χ4v) is 5.78. The minimum absolute atomic E-state index is 0.115. The molecule has 3 aromatic heterocycles. The average molecular weight is 619 g/mol. The number of aromatic nitrogens is 3. The lowest BCUT2D eigenvalue weighted by molar-refractivity contribution is -0.0247. The summed E-state index contributed by atoms with van der Waals surface area (Å²) in [7, 11) is 1.64. The largest absolute Gasteiger partial charge is 0.491 e. The van der Waals surface area contributed by atoms with Crippen molar-refractivity contribution in [3.63, 3.8) is 0 Å². The zero-order chi connectivity index (χ0) is 31.5. The number of aliphatic hydroxyl groups excluding tert-OH is 1. The lowest BCUT2D eigenvalue weighted by Gasteiger charge is -2.35. The predicted octanol–water partition coefficient (Wildman–Crippen LogP) is 5.88. The van der Waals surface area contributed by atoms with E-state index in [2.05, 4.69) is 4.98 Å². The molecule has 1 aliphatic heterocycles. The van der Waals surface area contributed by atoms with Crippen molar-refractivity contribution in [1.29, 1.82) is 0 Å². The van der Waals surface area contributed by atoms with Crippen molar-refractivity contribution in [3.8, 4) is 22.9 Å². The zero-order valence-electron chi connectivity index (χ0n) is 25.4. The lowest BCUT2D eigenvalue weighted by atomic mass is 10.0. The summed E-state index contributed by atoms with van der Waals surface area (Å²) < 4.78 is 24.7. The molecule has 1 N–H and O–H groups in total. The highest BCUT2D eigenvalue weighted by molar-refractivity contribution is 5.87. The van der Waals surface area contributed by atoms with Crippen LogP contribution in [0, 0.1) is 0 Å². The molecule has 1 saturated heterocycles. The van der Waals surface area contributed by atoms with Gasteiger partial charge in [0.25, 0.3) is 0 Å². The van der Waals surface area contributed by atoms with Crippen LogP contribution in [0.15, 0.2) is 97.3 Å². The summed E-state index contributed by atoms with van der Waals surface area (Å²) in [6.45, 7) is 1.64. The Balaban J connectivity index is 1.02. The van der Waals surface area contributed by atoms with E-state index < -0.39 is 18.3 Å². The van der Waals surface area contributed by atoms with Crippen LogP contribution in [0.25, 0.3) is 38.7 Å². The maximum atomic E-state index is 12.9. The van der Waals surface area contributed by atoms with Crippen molar-refractivity contribution in [2.24, 2.45) is 0 Å². The number of methoxy groups -OCH3 is 1. The number of aliphatic hydroxyl groups is 1. The molecule has 0 radical (unpaired) electrons. The highest BCUT2D eigenvalue weighted by Crippen LogP contribution is 2.30. The second-order valence-electron chi connectivity index (χ2n) is 11.3. The molecule has 1 amide bonds. The standard InChI is InChI=1S/C36H34N4O6/c1-43-17-18-44-28-13-16-40-30(21-37-34(40)20-28)29-12-11-26-7-4-8-33(35(26)38-29)46-32-14-15-39(22-31(32)41)36(42)45-23-24-9-10-25-5-2-3-6-27(25)19-24/h2-13,16,19-21,31-32,41H,14-15,17-18,22-23H2,1H3/t31-,32-/m0/s1. The lowest BCUT2D eigenvalue weighted by Crippen LogP contribution is -2.51. The van der Waals surface area contributed by atoms with Crippen LogP contribution in [-0.4, -0.2) is 76.1 Å². The van der Waals surface area contributed by atoms with E-state index in [4.69, 9.17) is 23.9 Å². The Morgan fingerprint density at radius 1 is 0.957 bits per heavy atom. The van der Waals surface area contributed by atoms with Crippen molar-refractivity contribution in [2.45, 2.75) is 25.2 Å². The summed E-state index contributed by atoms with van der Waals surface area (Å²) in [6.07, 6.45) is 2.29. The molecule has 0 unspecified atom stereocenters. The number of imidazole rings is 1. The molecule has 46 heavy (non-hydrogen) atoms. The van der Waals surface area contributed by atoms with Crippen LogP contribution >= 0.6 is 0 Å². The molecule has 234 valence electrons. The van der Waals surface area contributed by atoms with Crippen LogP contribution in [0.5, 0.6) is 11.5 Å². The fraction of sp³-hybridized carbons (Fsp3) is 0.250. The number of fused-ring (bicyclic) bond motifs is 3. The maximum Gasteiger partial charge on any atom is 0.410 e. The Labute approximate surface area is 265 Å². The van der Waals surface area contributed by atoms with Crippen LogP contribution in [-0.2, 0) is 16.1 Å². The van der Waals surface area contributed by atoms with Crippen LogP contribution in [0.2, 0.25) is 0 Å². The molecule has 0 aliphatic carbocycles. The summed E-state index contributed by atoms with van der Waals surface area (Å²) in [5, 5.41) is 14.2. The van der Waals surface area contributed by atoms with E-state index in [1.54, 1.807) is 13.3 Å². The Bertz CT molecular complexity index is 2010. The van der Waals surface area contributed by atoms with Crippen molar-refractivity contribution in [3.05, 3.63) is 103 Å². The summed E-state index contributed by atoms with van der Waals surface area (Å²) in [5.41, 5.74) is 3.88. The summed E-state index contributed by atoms with van der Waals surface area (Å²) in [4.78, 5) is 23.9. The third-order valence-electron chi connectivity index (χ3n) is 8.22. The number of pyridine rings is 2. The molecular weight excluding hydrogens is 584 g/mol. The third kappa shape index (κ3) is 6.17. The van der Waals surface area contributed by atoms with Gasteiger partial charge in [-0.1, -0.05) is 54.6 Å². The summed E-state index contributed by atoms with van der Waals surface area (Å²) in [6, 6.07) is 27.5. The molecular formula is C36H34N4O6. The van der Waals surface area contributed by atoms with Crippen molar-refractivity contribution in [1.82, 2.24) is 19.3 Å². The van der Waals surface area contributed by atoms with Crippen molar-refractivity contribution in [2.75, 3.05) is 33.4 Å². The number of para-hydroxylation sites is 1. The number of likely N-dealkylation sites (tertiary alicyclic amines) is 1. The predicted molar refractivity (Wildman–Crippen MR) is 174 cm³/mol. The topological polar surface area (TPSA) is 108 Å². The molecule has 4 heterocycles. The number of β-amino-alcohol motifs (C(OH)–C–C–N with tert-alkyl or cyclic N) is 1. The number of ether oxygens (including phenoxy) is 4. The molecule has 0 bridgehead atoms. The van der Waals surface area contributed by atoms with Gasteiger partial charge in [-0.25, -0.2) is 14.8 Å². The minimum atomic E-state index is -0.889. The number of hydrogen-bond donors (Lipinski definition) is 1. The van der Waals surface area contributed by atoms with E-state index >= 15 is 0 Å². The normalized spacial score (nSPS) is 16.6. The van der Waals surface area contributed by atoms with E-state index in [9.17, 15) is 9.90 Å². The number of rotatable bonds is 9. The number of piperidine rings is 1. The molecule has 6 aromatic rings. The maximum absolute atomic E-state index is 12.9.